The summed E-state index contributed by atoms with van der Waals surface area (Å²) in [6.07, 6.45) is 12.4. The minimum Gasteiger partial charge on any atom is -0.147 e. The Labute approximate surface area is 394 Å². The minimum absolute atomic E-state index is 0. The summed E-state index contributed by atoms with van der Waals surface area (Å²) in [6.45, 7) is 18.6. The molecule has 0 fully saturated rings. The Hall–Kier alpha value is -2.73. The van der Waals surface area contributed by atoms with Crippen LogP contribution in [-0.4, -0.2) is 11.0 Å². The number of benzene rings is 4. The van der Waals surface area contributed by atoms with Gasteiger partial charge in [-0.3, -0.25) is 0 Å². The van der Waals surface area contributed by atoms with E-state index in [0.29, 0.717) is 0 Å². The van der Waals surface area contributed by atoms with Gasteiger partial charge in [0.15, 0.2) is 0 Å². The molecule has 62 heavy (non-hydrogen) atoms. The quantitative estimate of drug-likeness (QED) is 0.122. The summed E-state index contributed by atoms with van der Waals surface area (Å²) in [5, 5.41) is 0. The molecule has 0 aromatic heterocycles. The summed E-state index contributed by atoms with van der Waals surface area (Å²) in [5.41, 5.74) is 11.8. The molecule has 4 aromatic rings. The first-order valence-electron chi connectivity index (χ1n) is 20.7. The van der Waals surface area contributed by atoms with E-state index >= 15 is 0 Å². The van der Waals surface area contributed by atoms with Crippen LogP contribution >= 0.6 is 24.8 Å². The first-order valence-corrected chi connectivity index (χ1v) is 43.7. The van der Waals surface area contributed by atoms with E-state index in [-0.39, 0.29) is 48.1 Å². The van der Waals surface area contributed by atoms with E-state index in [1.807, 2.05) is 48.5 Å². The molecule has 0 nitrogen and oxygen atoms in total. The van der Waals surface area contributed by atoms with E-state index < -0.39 is 51.1 Å². The fourth-order valence-electron chi connectivity index (χ4n) is 9.21. The van der Waals surface area contributed by atoms with Gasteiger partial charge in [0.05, 0.1) is 0 Å². The Balaban J connectivity index is 0.000000227. The molecular weight excluding hydrogens is 1180 g/mol. The van der Waals surface area contributed by atoms with Crippen molar-refractivity contribution in [3.8, 4) is 0 Å². The Morgan fingerprint density at radius 1 is 0.355 bits per heavy atom. The van der Waals surface area contributed by atoms with E-state index in [9.17, 15) is 17.6 Å². The summed E-state index contributed by atoms with van der Waals surface area (Å²) in [6, 6.07) is 28.4. The second-order valence-corrected chi connectivity index (χ2v) is 64.5. The van der Waals surface area contributed by atoms with Crippen molar-refractivity contribution in [3.63, 3.8) is 0 Å². The maximum absolute atomic E-state index is 14.4. The van der Waals surface area contributed by atoms with Crippen LogP contribution in [0.2, 0.25) is 26.2 Å². The minimum atomic E-state index is -2.30. The molecule has 0 bridgehead atoms. The standard InChI is InChI=1S/4C12H10F.2C2H6Si.2ClH.2Hf/c4*1-9-6-7-10(8-9)11-4-2-3-5-12(11)13;2*1-3-2;;;;/h4*2-5,8H,7H2,1H3;2*1-2H3;2*1H;;. The molecule has 320 valence electrons. The maximum Gasteiger partial charge on any atom is -0.147 e. The fraction of sp³-hybridized carbons (Fsp3) is 0.231. The molecule has 0 radical (unpaired) electrons. The van der Waals surface area contributed by atoms with Gasteiger partial charge >= 0.3 is 373 Å². The predicted octanol–water partition coefficient (Wildman–Crippen LogP) is 16.2. The number of halogens is 6. The molecule has 10 heteroatoms. The summed E-state index contributed by atoms with van der Waals surface area (Å²) in [7, 11) is 0. The molecule has 0 aliphatic heterocycles. The maximum atomic E-state index is 14.4. The number of allylic oxidation sites excluding steroid dienone is 16. The molecule has 4 aliphatic carbocycles. The van der Waals surface area contributed by atoms with E-state index in [1.165, 1.54) is 22.3 Å². The number of hydrogen-bond donors (Lipinski definition) is 0. The average Bonchev–Trinajstić information content (AvgIpc) is 3.99. The summed E-state index contributed by atoms with van der Waals surface area (Å²) in [4.78, 5) is 0. The van der Waals surface area contributed by atoms with Crippen molar-refractivity contribution in [1.29, 1.82) is 0 Å². The summed E-state index contributed by atoms with van der Waals surface area (Å²) >= 11 is -4.60. The van der Waals surface area contributed by atoms with Crippen LogP contribution in [0.3, 0.4) is 0 Å². The van der Waals surface area contributed by atoms with Gasteiger partial charge in [0, 0.05) is 0 Å². The van der Waals surface area contributed by atoms with Gasteiger partial charge in [-0.05, 0) is 0 Å². The van der Waals surface area contributed by atoms with Crippen molar-refractivity contribution >= 4 is 58.1 Å². The molecule has 0 saturated heterocycles. The molecule has 0 unspecified atom stereocenters. The number of rotatable bonds is 8. The van der Waals surface area contributed by atoms with Gasteiger partial charge in [0.2, 0.25) is 0 Å². The van der Waals surface area contributed by atoms with Crippen molar-refractivity contribution in [1.82, 2.24) is 0 Å². The van der Waals surface area contributed by atoms with Gasteiger partial charge in [-0.2, -0.15) is 0 Å². The van der Waals surface area contributed by atoms with Gasteiger partial charge in [-0.25, -0.2) is 0 Å². The van der Waals surface area contributed by atoms with E-state index in [4.69, 9.17) is 0 Å². The van der Waals surface area contributed by atoms with Gasteiger partial charge < -0.3 is 0 Å². The second-order valence-electron chi connectivity index (χ2n) is 16.7. The predicted molar refractivity (Wildman–Crippen MR) is 256 cm³/mol. The molecule has 0 amide bonds. The van der Waals surface area contributed by atoms with Crippen molar-refractivity contribution in [2.45, 2.75) is 79.6 Å². The third-order valence-corrected chi connectivity index (χ3v) is 62.3. The van der Waals surface area contributed by atoms with Crippen molar-refractivity contribution in [3.05, 3.63) is 202 Å². The van der Waals surface area contributed by atoms with Crippen LogP contribution in [0.1, 0.15) is 75.6 Å². The largest absolute Gasteiger partial charge is 0.147 e. The molecule has 4 aliphatic rings. The molecule has 0 spiro atoms. The van der Waals surface area contributed by atoms with E-state index in [0.717, 1.165) is 70.2 Å². The van der Waals surface area contributed by atoms with Crippen LogP contribution in [0.25, 0.3) is 22.3 Å². The molecule has 0 N–H and O–H groups in total. The molecular formula is C52H54Cl2F4Hf2Si2. The van der Waals surface area contributed by atoms with Crippen LogP contribution in [0, 0.1) is 23.3 Å². The Kier molecular flexibility index (Phi) is 17.8. The van der Waals surface area contributed by atoms with Crippen LogP contribution in [0.15, 0.2) is 157 Å². The van der Waals surface area contributed by atoms with E-state index in [2.05, 4.69) is 78.2 Å². The Bertz CT molecular complexity index is 2410. The Morgan fingerprint density at radius 2 is 0.548 bits per heavy atom. The smallest absolute Gasteiger partial charge is 0.147 e. The van der Waals surface area contributed by atoms with E-state index in [1.54, 1.807) is 61.8 Å². The van der Waals surface area contributed by atoms with Crippen LogP contribution in [0.5, 0.6) is 0 Å². The molecule has 0 saturated carbocycles. The van der Waals surface area contributed by atoms with Crippen molar-refractivity contribution < 1.29 is 57.7 Å². The first kappa shape index (κ1) is 50.3. The third kappa shape index (κ3) is 10.9. The van der Waals surface area contributed by atoms with Crippen molar-refractivity contribution in [2.75, 3.05) is 0 Å². The van der Waals surface area contributed by atoms with Gasteiger partial charge in [-0.15, -0.1) is 24.8 Å². The second kappa shape index (κ2) is 22.0. The molecule has 0 atom stereocenters. The Morgan fingerprint density at radius 3 is 0.726 bits per heavy atom. The van der Waals surface area contributed by atoms with Crippen molar-refractivity contribution in [2.24, 2.45) is 0 Å². The average molecular weight is 1240 g/mol. The first-order chi connectivity index (χ1) is 28.7. The zero-order valence-corrected chi connectivity index (χ0v) is 47.5. The summed E-state index contributed by atoms with van der Waals surface area (Å²) in [5.74, 6) is -0.544. The summed E-state index contributed by atoms with van der Waals surface area (Å²) < 4.78 is 64.1. The zero-order chi connectivity index (χ0) is 42.8. The van der Waals surface area contributed by atoms with Gasteiger partial charge in [0.1, 0.15) is 0 Å². The number of hydrogen-bond acceptors (Lipinski definition) is 0. The molecule has 8 rings (SSSR count). The SMILES string of the molecule is CC1=[C]([Hf]([C]2=C(C)C=C(c3ccccc3F)C2)=[Si](C)C)CC(c2ccccc2F)=C1.CC1=[C]([Hf]([C]2=C(C)C=C(c3ccccc3F)C2)=[Si](C)C)CC(c2ccccc2F)=C1.Cl.Cl. The zero-order valence-electron chi connectivity index (χ0n) is 36.7. The van der Waals surface area contributed by atoms with Crippen LogP contribution < -0.4 is 0 Å². The van der Waals surface area contributed by atoms with Gasteiger partial charge in [-0.1, -0.05) is 0 Å². The normalized spacial score (nSPS) is 15.7. The third-order valence-electron chi connectivity index (χ3n) is 12.0. The fourth-order valence-corrected chi connectivity index (χ4v) is 61.6. The van der Waals surface area contributed by atoms with Crippen LogP contribution in [-0.2, 0) is 40.1 Å². The molecule has 0 heterocycles. The van der Waals surface area contributed by atoms with Crippen LogP contribution in [0.4, 0.5) is 17.6 Å². The molecule has 4 aromatic carbocycles. The topological polar surface area (TPSA) is 0 Å². The monoisotopic (exact) mass is 1240 g/mol. The van der Waals surface area contributed by atoms with Gasteiger partial charge in [0.25, 0.3) is 0 Å².